The molecule has 1 aromatic heterocycles. The first-order chi connectivity index (χ1) is 13.3. The molecule has 3 aromatic rings. The molecule has 0 bridgehead atoms. The van der Waals surface area contributed by atoms with Crippen molar-refractivity contribution in [2.45, 2.75) is 19.9 Å². The molecule has 2 aromatic carbocycles. The third-order valence-electron chi connectivity index (χ3n) is 4.01. The van der Waals surface area contributed by atoms with Crippen molar-refractivity contribution in [3.05, 3.63) is 66.4 Å². The van der Waals surface area contributed by atoms with E-state index in [0.29, 0.717) is 13.2 Å². The standard InChI is InChI=1S/C21H23N3O3/c1-2-26-21(25)23-22-15-17-16-24(20-12-7-6-11-19(17)20)13-8-14-27-18-9-4-3-5-10-18/h3-7,9-12,15-16H,2,8,13-14H2,1H3,(H,23,25). The normalized spacial score (nSPS) is 11.0. The monoisotopic (exact) mass is 365 g/mol. The molecule has 0 saturated heterocycles. The van der Waals surface area contributed by atoms with E-state index in [1.807, 2.05) is 54.7 Å². The van der Waals surface area contributed by atoms with E-state index in [1.165, 1.54) is 0 Å². The van der Waals surface area contributed by atoms with Crippen LogP contribution in [0.5, 0.6) is 5.75 Å². The number of nitrogens with one attached hydrogen (secondary N) is 1. The van der Waals surface area contributed by atoms with Crippen LogP contribution in [-0.4, -0.2) is 30.1 Å². The Hall–Kier alpha value is -3.28. The van der Waals surface area contributed by atoms with Crippen LogP contribution in [0.1, 0.15) is 18.9 Å². The van der Waals surface area contributed by atoms with Gasteiger partial charge in [0.15, 0.2) is 0 Å². The zero-order chi connectivity index (χ0) is 18.9. The topological polar surface area (TPSA) is 64.8 Å². The largest absolute Gasteiger partial charge is 0.494 e. The van der Waals surface area contributed by atoms with Gasteiger partial charge < -0.3 is 14.0 Å². The summed E-state index contributed by atoms with van der Waals surface area (Å²) in [7, 11) is 0. The van der Waals surface area contributed by atoms with Crippen molar-refractivity contribution in [3.63, 3.8) is 0 Å². The van der Waals surface area contributed by atoms with Crippen LogP contribution in [0.25, 0.3) is 10.9 Å². The molecule has 0 aliphatic carbocycles. The molecular formula is C21H23N3O3. The molecule has 0 fully saturated rings. The predicted octanol–water partition coefficient (Wildman–Crippen LogP) is 4.19. The average Bonchev–Trinajstić information content (AvgIpc) is 3.04. The van der Waals surface area contributed by atoms with Gasteiger partial charge in [-0.2, -0.15) is 5.10 Å². The van der Waals surface area contributed by atoms with Gasteiger partial charge >= 0.3 is 6.09 Å². The Kier molecular flexibility index (Phi) is 6.46. The van der Waals surface area contributed by atoms with E-state index >= 15 is 0 Å². The van der Waals surface area contributed by atoms with Crippen molar-refractivity contribution in [1.29, 1.82) is 0 Å². The molecular weight excluding hydrogens is 342 g/mol. The first-order valence-corrected chi connectivity index (χ1v) is 8.99. The summed E-state index contributed by atoms with van der Waals surface area (Å²) in [4.78, 5) is 11.3. The smallest absolute Gasteiger partial charge is 0.427 e. The Labute approximate surface area is 158 Å². The molecule has 0 radical (unpaired) electrons. The number of carbonyl (C=O) groups excluding carboxylic acids is 1. The van der Waals surface area contributed by atoms with Gasteiger partial charge in [0.05, 0.1) is 19.4 Å². The fourth-order valence-electron chi connectivity index (χ4n) is 2.82. The lowest BCUT2D eigenvalue weighted by Gasteiger charge is -2.07. The van der Waals surface area contributed by atoms with Crippen molar-refractivity contribution >= 4 is 23.2 Å². The Bertz CT molecular complexity index is 903. The molecule has 1 N–H and O–H groups in total. The highest BCUT2D eigenvalue weighted by atomic mass is 16.5. The number of para-hydroxylation sites is 2. The number of rotatable bonds is 8. The number of hydrogen-bond donors (Lipinski definition) is 1. The highest BCUT2D eigenvalue weighted by molar-refractivity contribution is 5.99. The molecule has 1 amide bonds. The molecule has 0 spiro atoms. The lowest BCUT2D eigenvalue weighted by Crippen LogP contribution is -2.18. The van der Waals surface area contributed by atoms with Crippen molar-refractivity contribution in [2.75, 3.05) is 13.2 Å². The molecule has 1 heterocycles. The highest BCUT2D eigenvalue weighted by Crippen LogP contribution is 2.20. The number of ether oxygens (including phenoxy) is 2. The number of fused-ring (bicyclic) bond motifs is 1. The van der Waals surface area contributed by atoms with E-state index in [-0.39, 0.29) is 0 Å². The molecule has 0 unspecified atom stereocenters. The summed E-state index contributed by atoms with van der Waals surface area (Å²) in [5.41, 5.74) is 4.41. The lowest BCUT2D eigenvalue weighted by atomic mass is 10.2. The third kappa shape index (κ3) is 5.10. The number of carbonyl (C=O) groups is 1. The molecule has 0 aliphatic rings. The van der Waals surface area contributed by atoms with Gasteiger partial charge in [-0.15, -0.1) is 0 Å². The first-order valence-electron chi connectivity index (χ1n) is 8.99. The summed E-state index contributed by atoms with van der Waals surface area (Å²) in [5.74, 6) is 0.882. The van der Waals surface area contributed by atoms with Crippen LogP contribution >= 0.6 is 0 Å². The van der Waals surface area contributed by atoms with Crippen LogP contribution < -0.4 is 10.2 Å². The minimum atomic E-state index is -0.560. The molecule has 27 heavy (non-hydrogen) atoms. The summed E-state index contributed by atoms with van der Waals surface area (Å²) in [5, 5.41) is 5.05. The fraction of sp³-hybridized carbons (Fsp3) is 0.238. The van der Waals surface area contributed by atoms with E-state index < -0.39 is 6.09 Å². The number of hydrogen-bond acceptors (Lipinski definition) is 4. The van der Waals surface area contributed by atoms with Crippen molar-refractivity contribution in [3.8, 4) is 5.75 Å². The number of aromatic nitrogens is 1. The molecule has 0 atom stereocenters. The molecule has 0 aliphatic heterocycles. The Morgan fingerprint density at radius 2 is 1.93 bits per heavy atom. The SMILES string of the molecule is CCOC(=O)NN=Cc1cn(CCCOc2ccccc2)c2ccccc12. The summed E-state index contributed by atoms with van der Waals surface area (Å²) >= 11 is 0. The minimum absolute atomic E-state index is 0.311. The number of nitrogens with zero attached hydrogens (tertiary/aromatic N) is 2. The van der Waals surface area contributed by atoms with Gasteiger partial charge in [0.25, 0.3) is 0 Å². The second kappa shape index (κ2) is 9.43. The van der Waals surface area contributed by atoms with E-state index in [2.05, 4.69) is 21.2 Å². The van der Waals surface area contributed by atoms with Gasteiger partial charge in [0.1, 0.15) is 5.75 Å². The van der Waals surface area contributed by atoms with E-state index in [9.17, 15) is 4.79 Å². The summed E-state index contributed by atoms with van der Waals surface area (Å²) < 4.78 is 12.7. The first kappa shape index (κ1) is 18.5. The van der Waals surface area contributed by atoms with Crippen LogP contribution in [0.15, 0.2) is 65.9 Å². The van der Waals surface area contributed by atoms with Crippen LogP contribution in [0.4, 0.5) is 4.79 Å². The van der Waals surface area contributed by atoms with Gasteiger partial charge in [-0.1, -0.05) is 36.4 Å². The van der Waals surface area contributed by atoms with Crippen LogP contribution in [-0.2, 0) is 11.3 Å². The van der Waals surface area contributed by atoms with Crippen molar-refractivity contribution < 1.29 is 14.3 Å². The summed E-state index contributed by atoms with van der Waals surface area (Å²) in [6.45, 7) is 3.53. The lowest BCUT2D eigenvalue weighted by molar-refractivity contribution is 0.152. The quantitative estimate of drug-likeness (QED) is 0.370. The summed E-state index contributed by atoms with van der Waals surface area (Å²) in [6, 6.07) is 17.9. The average molecular weight is 365 g/mol. The number of benzene rings is 2. The van der Waals surface area contributed by atoms with Crippen LogP contribution in [0, 0.1) is 0 Å². The molecule has 6 nitrogen and oxygen atoms in total. The zero-order valence-electron chi connectivity index (χ0n) is 15.3. The van der Waals surface area contributed by atoms with Gasteiger partial charge in [-0.3, -0.25) is 0 Å². The summed E-state index contributed by atoms with van der Waals surface area (Å²) in [6.07, 6.45) is 3.99. The fourth-order valence-corrected chi connectivity index (χ4v) is 2.82. The predicted molar refractivity (Wildman–Crippen MR) is 106 cm³/mol. The van der Waals surface area contributed by atoms with E-state index in [0.717, 1.165) is 35.2 Å². The van der Waals surface area contributed by atoms with Crippen LogP contribution in [0.3, 0.4) is 0 Å². The van der Waals surface area contributed by atoms with Gasteiger partial charge in [0, 0.05) is 29.2 Å². The van der Waals surface area contributed by atoms with E-state index in [4.69, 9.17) is 9.47 Å². The number of amides is 1. The van der Waals surface area contributed by atoms with Crippen molar-refractivity contribution in [2.24, 2.45) is 5.10 Å². The molecule has 0 saturated carbocycles. The Morgan fingerprint density at radius 1 is 1.15 bits per heavy atom. The van der Waals surface area contributed by atoms with Crippen molar-refractivity contribution in [1.82, 2.24) is 9.99 Å². The number of hydrazone groups is 1. The van der Waals surface area contributed by atoms with Gasteiger partial charge in [-0.05, 0) is 31.5 Å². The molecule has 3 rings (SSSR count). The van der Waals surface area contributed by atoms with Crippen LogP contribution in [0.2, 0.25) is 0 Å². The minimum Gasteiger partial charge on any atom is -0.494 e. The maximum atomic E-state index is 11.3. The molecule has 140 valence electrons. The Balaban J connectivity index is 1.63. The number of aryl methyl sites for hydroxylation is 1. The van der Waals surface area contributed by atoms with Gasteiger partial charge in [-0.25, -0.2) is 10.2 Å². The molecule has 6 heteroatoms. The maximum absolute atomic E-state index is 11.3. The maximum Gasteiger partial charge on any atom is 0.427 e. The van der Waals surface area contributed by atoms with Gasteiger partial charge in [0.2, 0.25) is 0 Å². The highest BCUT2D eigenvalue weighted by Gasteiger charge is 2.07. The zero-order valence-corrected chi connectivity index (χ0v) is 15.3. The van der Waals surface area contributed by atoms with E-state index in [1.54, 1.807) is 13.1 Å². The third-order valence-corrected chi connectivity index (χ3v) is 4.01. The Morgan fingerprint density at radius 3 is 2.74 bits per heavy atom. The second-order valence-corrected chi connectivity index (χ2v) is 5.90. The second-order valence-electron chi connectivity index (χ2n) is 5.90.